The SMILES string of the molecule is COc1ccc(OCc2cn(-c3ccc4c(c3)B(O)OC4)nn2)cc1. The smallest absolute Gasteiger partial charge is 0.491 e. The van der Waals surface area contributed by atoms with Crippen LogP contribution in [0.3, 0.4) is 0 Å². The molecule has 8 heteroatoms. The molecule has 25 heavy (non-hydrogen) atoms. The van der Waals surface area contributed by atoms with Gasteiger partial charge in [0.15, 0.2) is 0 Å². The minimum absolute atomic E-state index is 0.309. The summed E-state index contributed by atoms with van der Waals surface area (Å²) in [6, 6.07) is 13.1. The molecule has 0 saturated carbocycles. The van der Waals surface area contributed by atoms with Crippen LogP contribution in [0.5, 0.6) is 11.5 Å². The van der Waals surface area contributed by atoms with Gasteiger partial charge in [0.1, 0.15) is 23.8 Å². The van der Waals surface area contributed by atoms with Gasteiger partial charge in [-0.2, -0.15) is 0 Å². The molecule has 1 aliphatic heterocycles. The van der Waals surface area contributed by atoms with Gasteiger partial charge in [-0.25, -0.2) is 4.68 Å². The van der Waals surface area contributed by atoms with Gasteiger partial charge in [0.05, 0.1) is 25.6 Å². The predicted octanol–water partition coefficient (Wildman–Crippen LogP) is 1.07. The van der Waals surface area contributed by atoms with Crippen LogP contribution in [0.4, 0.5) is 0 Å². The minimum atomic E-state index is -0.878. The van der Waals surface area contributed by atoms with E-state index in [1.807, 2.05) is 42.5 Å². The number of aromatic nitrogens is 3. The Labute approximate surface area is 144 Å². The molecular formula is C17H16BN3O4. The van der Waals surface area contributed by atoms with E-state index < -0.39 is 7.12 Å². The summed E-state index contributed by atoms with van der Waals surface area (Å²) < 4.78 is 17.7. The lowest BCUT2D eigenvalue weighted by Gasteiger charge is -2.05. The van der Waals surface area contributed by atoms with Crippen molar-refractivity contribution in [3.8, 4) is 17.2 Å². The van der Waals surface area contributed by atoms with E-state index in [4.69, 9.17) is 14.1 Å². The predicted molar refractivity (Wildman–Crippen MR) is 91.1 cm³/mol. The molecule has 0 spiro atoms. The monoisotopic (exact) mass is 337 g/mol. The van der Waals surface area contributed by atoms with Crippen LogP contribution in [-0.2, 0) is 17.9 Å². The van der Waals surface area contributed by atoms with E-state index in [-0.39, 0.29) is 0 Å². The summed E-state index contributed by atoms with van der Waals surface area (Å²) in [6.45, 7) is 0.734. The lowest BCUT2D eigenvalue weighted by Crippen LogP contribution is -2.28. The summed E-state index contributed by atoms with van der Waals surface area (Å²) >= 11 is 0. The summed E-state index contributed by atoms with van der Waals surface area (Å²) in [6.07, 6.45) is 1.80. The summed E-state index contributed by atoms with van der Waals surface area (Å²) in [7, 11) is 0.745. The first-order chi connectivity index (χ1) is 12.2. The Morgan fingerprint density at radius 1 is 1.20 bits per heavy atom. The highest BCUT2D eigenvalue weighted by Crippen LogP contribution is 2.18. The Hall–Kier alpha value is -2.84. The van der Waals surface area contributed by atoms with Gasteiger partial charge >= 0.3 is 7.12 Å². The Kier molecular flexibility index (Phi) is 4.13. The fourth-order valence-corrected chi connectivity index (χ4v) is 2.66. The lowest BCUT2D eigenvalue weighted by atomic mass is 9.79. The van der Waals surface area contributed by atoms with E-state index in [9.17, 15) is 5.02 Å². The van der Waals surface area contributed by atoms with Crippen LogP contribution in [0.1, 0.15) is 11.3 Å². The molecule has 7 nitrogen and oxygen atoms in total. The number of benzene rings is 2. The third kappa shape index (κ3) is 3.22. The van der Waals surface area contributed by atoms with Crippen LogP contribution in [0.25, 0.3) is 5.69 Å². The molecule has 126 valence electrons. The second-order valence-corrected chi connectivity index (χ2v) is 5.67. The van der Waals surface area contributed by atoms with Crippen molar-refractivity contribution in [1.29, 1.82) is 0 Å². The highest BCUT2D eigenvalue weighted by atomic mass is 16.5. The molecule has 0 fully saturated rings. The average molecular weight is 337 g/mol. The molecule has 4 rings (SSSR count). The third-order valence-electron chi connectivity index (χ3n) is 4.04. The number of hydrogen-bond donors (Lipinski definition) is 1. The summed E-state index contributed by atoms with van der Waals surface area (Å²) in [5.41, 5.74) is 3.27. The van der Waals surface area contributed by atoms with Crippen LogP contribution in [0.15, 0.2) is 48.7 Å². The van der Waals surface area contributed by atoms with Crippen molar-refractivity contribution in [1.82, 2.24) is 15.0 Å². The summed E-state index contributed by atoms with van der Waals surface area (Å²) in [5, 5.41) is 18.1. The van der Waals surface area contributed by atoms with Crippen molar-refractivity contribution in [3.05, 3.63) is 59.9 Å². The maximum Gasteiger partial charge on any atom is 0.491 e. The molecule has 1 N–H and O–H groups in total. The second kappa shape index (κ2) is 6.58. The van der Waals surface area contributed by atoms with Crippen LogP contribution >= 0.6 is 0 Å². The van der Waals surface area contributed by atoms with Gasteiger partial charge in [-0.15, -0.1) is 5.10 Å². The first-order valence-electron chi connectivity index (χ1n) is 7.84. The minimum Gasteiger partial charge on any atom is -0.497 e. The molecule has 0 amide bonds. The van der Waals surface area contributed by atoms with E-state index in [2.05, 4.69) is 10.3 Å². The van der Waals surface area contributed by atoms with Crippen molar-refractivity contribution in [2.75, 3.05) is 7.11 Å². The van der Waals surface area contributed by atoms with Gasteiger partial charge in [0, 0.05) is 0 Å². The maximum atomic E-state index is 9.81. The Morgan fingerprint density at radius 3 is 2.80 bits per heavy atom. The molecule has 0 bridgehead atoms. The largest absolute Gasteiger partial charge is 0.497 e. The quantitative estimate of drug-likeness (QED) is 0.702. The van der Waals surface area contributed by atoms with Crippen molar-refractivity contribution in [2.24, 2.45) is 0 Å². The van der Waals surface area contributed by atoms with Gasteiger partial charge in [-0.1, -0.05) is 11.3 Å². The van der Waals surface area contributed by atoms with Gasteiger partial charge < -0.3 is 19.2 Å². The molecule has 2 aromatic carbocycles. The van der Waals surface area contributed by atoms with Crippen molar-refractivity contribution in [3.63, 3.8) is 0 Å². The highest BCUT2D eigenvalue weighted by Gasteiger charge is 2.27. The Balaban J connectivity index is 1.46. The molecule has 1 aromatic heterocycles. The fourth-order valence-electron chi connectivity index (χ4n) is 2.66. The molecule has 0 unspecified atom stereocenters. The molecular weight excluding hydrogens is 321 g/mol. The number of methoxy groups -OCH3 is 1. The first kappa shape index (κ1) is 15.7. The lowest BCUT2D eigenvalue weighted by molar-refractivity contribution is 0.275. The van der Waals surface area contributed by atoms with Crippen molar-refractivity contribution < 1.29 is 19.2 Å². The van der Waals surface area contributed by atoms with Gasteiger partial charge in [-0.05, 0) is 47.4 Å². The second-order valence-electron chi connectivity index (χ2n) is 5.67. The number of hydrogen-bond acceptors (Lipinski definition) is 6. The number of fused-ring (bicyclic) bond motifs is 1. The van der Waals surface area contributed by atoms with Crippen molar-refractivity contribution in [2.45, 2.75) is 13.2 Å². The normalized spacial score (nSPS) is 13.0. The van der Waals surface area contributed by atoms with Gasteiger partial charge in [0.25, 0.3) is 0 Å². The molecule has 0 radical (unpaired) electrons. The molecule has 1 aliphatic rings. The van der Waals surface area contributed by atoms with Crippen LogP contribution in [-0.4, -0.2) is 34.2 Å². The topological polar surface area (TPSA) is 78.6 Å². The van der Waals surface area contributed by atoms with Crippen LogP contribution in [0.2, 0.25) is 0 Å². The molecule has 0 atom stereocenters. The first-order valence-corrected chi connectivity index (χ1v) is 7.84. The van der Waals surface area contributed by atoms with Crippen LogP contribution < -0.4 is 14.9 Å². The zero-order chi connectivity index (χ0) is 17.2. The number of nitrogens with zero attached hydrogens (tertiary/aromatic N) is 3. The zero-order valence-corrected chi connectivity index (χ0v) is 13.6. The van der Waals surface area contributed by atoms with E-state index in [0.29, 0.717) is 18.9 Å². The molecule has 0 aliphatic carbocycles. The molecule has 0 saturated heterocycles. The van der Waals surface area contributed by atoms with E-state index in [1.165, 1.54) is 0 Å². The summed E-state index contributed by atoms with van der Waals surface area (Å²) in [5.74, 6) is 1.51. The van der Waals surface area contributed by atoms with E-state index in [0.717, 1.165) is 28.2 Å². The zero-order valence-electron chi connectivity index (χ0n) is 13.6. The molecule has 2 heterocycles. The average Bonchev–Trinajstić information content (AvgIpc) is 3.27. The van der Waals surface area contributed by atoms with Crippen molar-refractivity contribution >= 4 is 12.6 Å². The number of rotatable bonds is 5. The summed E-state index contributed by atoms with van der Waals surface area (Å²) in [4.78, 5) is 0. The van der Waals surface area contributed by atoms with Gasteiger partial charge in [0.2, 0.25) is 0 Å². The van der Waals surface area contributed by atoms with E-state index >= 15 is 0 Å². The third-order valence-corrected chi connectivity index (χ3v) is 4.04. The maximum absolute atomic E-state index is 9.81. The van der Waals surface area contributed by atoms with Gasteiger partial charge in [-0.3, -0.25) is 0 Å². The fraction of sp³-hybridized carbons (Fsp3) is 0.176. The van der Waals surface area contributed by atoms with E-state index in [1.54, 1.807) is 18.0 Å². The number of ether oxygens (including phenoxy) is 2. The van der Waals surface area contributed by atoms with Crippen LogP contribution in [0, 0.1) is 0 Å². The standard InChI is InChI=1S/C17H16BN3O4/c1-23-15-4-6-16(7-5-15)24-11-13-9-21(20-19-13)14-3-2-12-10-25-18(22)17(12)8-14/h2-9,22H,10-11H2,1H3. The molecule has 3 aromatic rings. The Morgan fingerprint density at radius 2 is 2.00 bits per heavy atom. The Bertz CT molecular complexity index is 882. The highest BCUT2D eigenvalue weighted by molar-refractivity contribution is 6.61.